The van der Waals surface area contributed by atoms with Gasteiger partial charge in [0.05, 0.1) is 10.6 Å². The average Bonchev–Trinajstić information content (AvgIpc) is 3.07. The van der Waals surface area contributed by atoms with E-state index >= 15 is 0 Å². The molecule has 0 saturated carbocycles. The van der Waals surface area contributed by atoms with Crippen LogP contribution in [0.3, 0.4) is 0 Å². The zero-order valence-electron chi connectivity index (χ0n) is 17.6. The highest BCUT2D eigenvalue weighted by atomic mass is 32.1. The van der Waals surface area contributed by atoms with Crippen LogP contribution >= 0.6 is 11.3 Å². The largest absolute Gasteiger partial charge is 0.316 e. The summed E-state index contributed by atoms with van der Waals surface area (Å²) in [4.78, 5) is 29.4. The van der Waals surface area contributed by atoms with E-state index in [1.54, 1.807) is 6.07 Å². The van der Waals surface area contributed by atoms with Gasteiger partial charge in [-0.05, 0) is 56.0 Å². The minimum Gasteiger partial charge on any atom is -0.316 e. The number of aromatic nitrogens is 1. The molecule has 30 heavy (non-hydrogen) atoms. The van der Waals surface area contributed by atoms with Crippen molar-refractivity contribution >= 4 is 22.9 Å². The van der Waals surface area contributed by atoms with Gasteiger partial charge in [0, 0.05) is 29.1 Å². The van der Waals surface area contributed by atoms with E-state index in [2.05, 4.69) is 48.5 Å². The van der Waals surface area contributed by atoms with Gasteiger partial charge in [-0.1, -0.05) is 31.5 Å². The summed E-state index contributed by atoms with van der Waals surface area (Å²) < 4.78 is 2.06. The molecule has 0 atom stereocenters. The maximum absolute atomic E-state index is 12.8. The first-order valence-corrected chi connectivity index (χ1v) is 10.8. The fourth-order valence-corrected chi connectivity index (χ4v) is 4.65. The normalized spacial score (nSPS) is 11.7. The molecule has 7 heteroatoms. The summed E-state index contributed by atoms with van der Waals surface area (Å²) in [6.07, 6.45) is 1.88. The third-order valence-corrected chi connectivity index (χ3v) is 6.19. The molecule has 0 unspecified atom stereocenters. The summed E-state index contributed by atoms with van der Waals surface area (Å²) in [6, 6.07) is 12.1. The molecule has 3 rings (SSSR count). The van der Waals surface area contributed by atoms with Gasteiger partial charge >= 0.3 is 0 Å². The molecule has 156 valence electrons. The zero-order chi connectivity index (χ0) is 21.8. The van der Waals surface area contributed by atoms with Crippen LogP contribution in [0.5, 0.6) is 0 Å². The Kier molecular flexibility index (Phi) is 6.62. The molecule has 3 aromatic rings. The second-order valence-electron chi connectivity index (χ2n) is 7.17. The Bertz CT molecular complexity index is 1170. The standard InChI is InChI=1S/C23H25N3O3S/c1-5-8-20-21(17-12-11-15(3)16(4)13-17)25(6-2)23(30-20)24-22(27)18-9-7-10-19(14-18)26(28)29/h7,9-14H,5-6,8H2,1-4H3. The molecule has 0 radical (unpaired) electrons. The number of nitro benzene ring substituents is 1. The number of non-ortho nitro benzene ring substituents is 1. The molecule has 0 aliphatic rings. The number of aryl methyl sites for hydroxylation is 3. The van der Waals surface area contributed by atoms with Crippen LogP contribution < -0.4 is 4.80 Å². The molecule has 0 aliphatic heterocycles. The third-order valence-electron chi connectivity index (χ3n) is 5.05. The van der Waals surface area contributed by atoms with Crippen LogP contribution in [0.25, 0.3) is 11.3 Å². The monoisotopic (exact) mass is 423 g/mol. The number of rotatable bonds is 6. The van der Waals surface area contributed by atoms with E-state index < -0.39 is 10.8 Å². The minimum absolute atomic E-state index is 0.118. The van der Waals surface area contributed by atoms with E-state index in [-0.39, 0.29) is 11.3 Å². The predicted molar refractivity (Wildman–Crippen MR) is 120 cm³/mol. The first kappa shape index (κ1) is 21.6. The fourth-order valence-electron chi connectivity index (χ4n) is 3.34. The first-order chi connectivity index (χ1) is 14.3. The number of carbonyl (C=O) groups is 1. The highest BCUT2D eigenvalue weighted by molar-refractivity contribution is 7.09. The van der Waals surface area contributed by atoms with Crippen LogP contribution in [0.15, 0.2) is 47.5 Å². The van der Waals surface area contributed by atoms with Crippen molar-refractivity contribution in [2.45, 2.75) is 47.1 Å². The quantitative estimate of drug-likeness (QED) is 0.390. The second kappa shape index (κ2) is 9.17. The van der Waals surface area contributed by atoms with Gasteiger partial charge in [-0.15, -0.1) is 11.3 Å². The Hall–Kier alpha value is -3.06. The highest BCUT2D eigenvalue weighted by Crippen LogP contribution is 2.29. The van der Waals surface area contributed by atoms with Crippen molar-refractivity contribution in [1.29, 1.82) is 0 Å². The van der Waals surface area contributed by atoms with Crippen LogP contribution in [-0.2, 0) is 13.0 Å². The molecule has 0 aliphatic carbocycles. The Morgan fingerprint density at radius 1 is 1.13 bits per heavy atom. The van der Waals surface area contributed by atoms with E-state index in [0.717, 1.165) is 24.1 Å². The summed E-state index contributed by atoms with van der Waals surface area (Å²) >= 11 is 1.52. The predicted octanol–water partition coefficient (Wildman–Crippen LogP) is 5.46. The van der Waals surface area contributed by atoms with E-state index in [4.69, 9.17) is 0 Å². The van der Waals surface area contributed by atoms with E-state index in [1.165, 1.54) is 45.5 Å². The average molecular weight is 424 g/mol. The van der Waals surface area contributed by atoms with Crippen molar-refractivity contribution in [2.24, 2.45) is 4.99 Å². The van der Waals surface area contributed by atoms with Crippen molar-refractivity contribution in [3.8, 4) is 11.3 Å². The van der Waals surface area contributed by atoms with Gasteiger partial charge in [-0.3, -0.25) is 14.9 Å². The fraction of sp³-hybridized carbons (Fsp3) is 0.304. The maximum Gasteiger partial charge on any atom is 0.279 e. The van der Waals surface area contributed by atoms with Gasteiger partial charge in [-0.2, -0.15) is 4.99 Å². The lowest BCUT2D eigenvalue weighted by atomic mass is 10.0. The molecule has 0 bridgehead atoms. The van der Waals surface area contributed by atoms with Crippen molar-refractivity contribution in [1.82, 2.24) is 4.57 Å². The van der Waals surface area contributed by atoms with Crippen LogP contribution in [-0.4, -0.2) is 15.4 Å². The molecule has 6 nitrogen and oxygen atoms in total. The Balaban J connectivity index is 2.15. The minimum atomic E-state index is -0.509. The number of hydrogen-bond acceptors (Lipinski definition) is 4. The van der Waals surface area contributed by atoms with Crippen molar-refractivity contribution in [2.75, 3.05) is 0 Å². The first-order valence-electron chi connectivity index (χ1n) is 9.99. The van der Waals surface area contributed by atoms with Crippen LogP contribution in [0.4, 0.5) is 5.69 Å². The lowest BCUT2D eigenvalue weighted by Gasteiger charge is -2.11. The molecular weight excluding hydrogens is 398 g/mol. The zero-order valence-corrected chi connectivity index (χ0v) is 18.5. The van der Waals surface area contributed by atoms with Gasteiger partial charge in [0.2, 0.25) is 0 Å². The Morgan fingerprint density at radius 2 is 1.90 bits per heavy atom. The molecule has 0 N–H and O–H groups in total. The molecule has 0 fully saturated rings. The highest BCUT2D eigenvalue weighted by Gasteiger charge is 2.17. The Labute approximate surface area is 179 Å². The number of thiazole rings is 1. The van der Waals surface area contributed by atoms with E-state index in [9.17, 15) is 14.9 Å². The van der Waals surface area contributed by atoms with Crippen molar-refractivity contribution < 1.29 is 9.72 Å². The lowest BCUT2D eigenvalue weighted by molar-refractivity contribution is -0.384. The van der Waals surface area contributed by atoms with Crippen LogP contribution in [0, 0.1) is 24.0 Å². The summed E-state index contributed by atoms with van der Waals surface area (Å²) in [5, 5.41) is 11.0. The number of amides is 1. The van der Waals surface area contributed by atoms with Gasteiger partial charge in [0.1, 0.15) is 0 Å². The number of benzene rings is 2. The summed E-state index contributed by atoms with van der Waals surface area (Å²) in [7, 11) is 0. The topological polar surface area (TPSA) is 77.5 Å². The molecule has 1 heterocycles. The van der Waals surface area contributed by atoms with Crippen molar-refractivity contribution in [3.05, 3.63) is 78.9 Å². The Morgan fingerprint density at radius 3 is 2.53 bits per heavy atom. The number of nitrogens with zero attached hydrogens (tertiary/aromatic N) is 3. The summed E-state index contributed by atoms with van der Waals surface area (Å²) in [5.41, 5.74) is 4.76. The van der Waals surface area contributed by atoms with Crippen LogP contribution in [0.1, 0.15) is 46.6 Å². The van der Waals surface area contributed by atoms with Gasteiger partial charge in [-0.25, -0.2) is 0 Å². The van der Waals surface area contributed by atoms with Gasteiger partial charge in [0.15, 0.2) is 4.80 Å². The van der Waals surface area contributed by atoms with Gasteiger partial charge < -0.3 is 4.57 Å². The number of nitro groups is 1. The molecule has 1 amide bonds. The van der Waals surface area contributed by atoms with E-state index in [1.807, 2.05) is 6.92 Å². The smallest absolute Gasteiger partial charge is 0.279 e. The molecule has 0 saturated heterocycles. The second-order valence-corrected chi connectivity index (χ2v) is 8.24. The molecular formula is C23H25N3O3S. The third kappa shape index (κ3) is 4.41. The van der Waals surface area contributed by atoms with Gasteiger partial charge in [0.25, 0.3) is 11.6 Å². The molecule has 2 aromatic carbocycles. The molecule has 0 spiro atoms. The van der Waals surface area contributed by atoms with Crippen molar-refractivity contribution in [3.63, 3.8) is 0 Å². The maximum atomic E-state index is 12.8. The number of carbonyl (C=O) groups excluding carboxylic acids is 1. The summed E-state index contributed by atoms with van der Waals surface area (Å²) in [6.45, 7) is 9.02. The number of hydrogen-bond donors (Lipinski definition) is 0. The molecule has 1 aromatic heterocycles. The SMILES string of the molecule is CCCc1sc(=NC(=O)c2cccc([N+](=O)[O-])c2)n(CC)c1-c1ccc(C)c(C)c1. The van der Waals surface area contributed by atoms with E-state index in [0.29, 0.717) is 11.3 Å². The summed E-state index contributed by atoms with van der Waals surface area (Å²) in [5.74, 6) is -0.475. The van der Waals surface area contributed by atoms with Crippen LogP contribution in [0.2, 0.25) is 0 Å². The lowest BCUT2D eigenvalue weighted by Crippen LogP contribution is -2.17.